The summed E-state index contributed by atoms with van der Waals surface area (Å²) in [4.78, 5) is 4.41. The van der Waals surface area contributed by atoms with Gasteiger partial charge >= 0.3 is 0 Å². The zero-order chi connectivity index (χ0) is 14.0. The molecule has 0 unspecified atom stereocenters. The van der Waals surface area contributed by atoms with Crippen molar-refractivity contribution in [2.75, 3.05) is 7.05 Å². The Hall–Kier alpha value is -1.90. The highest BCUT2D eigenvalue weighted by molar-refractivity contribution is 6.10. The van der Waals surface area contributed by atoms with E-state index in [-0.39, 0.29) is 0 Å². The van der Waals surface area contributed by atoms with Crippen molar-refractivity contribution in [1.82, 2.24) is 9.78 Å². The Morgan fingerprint density at radius 1 is 1.42 bits per heavy atom. The summed E-state index contributed by atoms with van der Waals surface area (Å²) in [6.45, 7) is 6.40. The van der Waals surface area contributed by atoms with Crippen molar-refractivity contribution in [1.29, 1.82) is 0 Å². The van der Waals surface area contributed by atoms with Crippen molar-refractivity contribution in [3.8, 4) is 0 Å². The molecule has 100 valence electrons. The van der Waals surface area contributed by atoms with Gasteiger partial charge in [0.1, 0.15) is 0 Å². The molecular weight excluding hydrogens is 234 g/mol. The fourth-order valence-electron chi connectivity index (χ4n) is 2.19. The normalized spacial score (nSPS) is 13.3. The van der Waals surface area contributed by atoms with Gasteiger partial charge in [-0.3, -0.25) is 9.67 Å². The maximum Gasteiger partial charge on any atom is 0.0952 e. The summed E-state index contributed by atoms with van der Waals surface area (Å²) in [7, 11) is 3.80. The van der Waals surface area contributed by atoms with Crippen LogP contribution in [0.3, 0.4) is 0 Å². The second-order valence-corrected chi connectivity index (χ2v) is 4.99. The molecule has 2 rings (SSSR count). The van der Waals surface area contributed by atoms with Crippen molar-refractivity contribution in [2.24, 2.45) is 12.0 Å². The van der Waals surface area contributed by atoms with E-state index in [2.05, 4.69) is 55.3 Å². The van der Waals surface area contributed by atoms with Gasteiger partial charge in [-0.05, 0) is 44.0 Å². The molecule has 0 fully saturated rings. The first-order valence-electron chi connectivity index (χ1n) is 6.63. The number of benzene rings is 1. The largest absolute Gasteiger partial charge is 0.288 e. The van der Waals surface area contributed by atoms with Crippen molar-refractivity contribution < 1.29 is 0 Å². The van der Waals surface area contributed by atoms with Crippen LogP contribution in [0, 0.1) is 6.92 Å². The van der Waals surface area contributed by atoms with E-state index in [4.69, 9.17) is 0 Å². The predicted molar refractivity (Wildman–Crippen MR) is 82.0 cm³/mol. The molecule has 1 aromatic heterocycles. The Morgan fingerprint density at radius 3 is 2.79 bits per heavy atom. The molecule has 0 bridgehead atoms. The molecule has 0 saturated heterocycles. The van der Waals surface area contributed by atoms with Crippen LogP contribution in [0.1, 0.15) is 31.4 Å². The van der Waals surface area contributed by atoms with Gasteiger partial charge in [-0.15, -0.1) is 0 Å². The van der Waals surface area contributed by atoms with Crippen LogP contribution in [0.2, 0.25) is 0 Å². The number of nitrogens with zero attached hydrogens (tertiary/aromatic N) is 3. The van der Waals surface area contributed by atoms with Crippen LogP contribution in [-0.4, -0.2) is 22.5 Å². The standard InChI is InChI=1S/C16H21N3/c1-6-11(2)7-15(17-4)13-8-12(3)16-14(9-13)10-19(5)18-16/h7-10H,6H2,1-5H3/b11-7-,17-15?. The summed E-state index contributed by atoms with van der Waals surface area (Å²) in [5.41, 5.74) is 5.79. The second-order valence-electron chi connectivity index (χ2n) is 4.99. The number of hydrogen-bond acceptors (Lipinski definition) is 2. The zero-order valence-corrected chi connectivity index (χ0v) is 12.4. The lowest BCUT2D eigenvalue weighted by Crippen LogP contribution is -1.99. The van der Waals surface area contributed by atoms with Gasteiger partial charge in [0.25, 0.3) is 0 Å². The minimum Gasteiger partial charge on any atom is -0.288 e. The van der Waals surface area contributed by atoms with Gasteiger partial charge in [0, 0.05) is 31.2 Å². The Balaban J connectivity index is 2.56. The third-order valence-electron chi connectivity index (χ3n) is 3.39. The molecule has 0 saturated carbocycles. The molecule has 19 heavy (non-hydrogen) atoms. The Morgan fingerprint density at radius 2 is 2.16 bits per heavy atom. The molecule has 3 heteroatoms. The molecule has 0 amide bonds. The molecule has 1 heterocycles. The molecule has 0 atom stereocenters. The van der Waals surface area contributed by atoms with E-state index in [0.29, 0.717) is 0 Å². The van der Waals surface area contributed by atoms with Crippen LogP contribution in [0.4, 0.5) is 0 Å². The summed E-state index contributed by atoms with van der Waals surface area (Å²) < 4.78 is 1.86. The lowest BCUT2D eigenvalue weighted by atomic mass is 10.0. The molecular formula is C16H21N3. The summed E-state index contributed by atoms with van der Waals surface area (Å²) in [6.07, 6.45) is 5.26. The number of allylic oxidation sites excluding steroid dienone is 2. The number of aryl methyl sites for hydroxylation is 2. The number of rotatable bonds is 3. The van der Waals surface area contributed by atoms with Gasteiger partial charge in [0.15, 0.2) is 0 Å². The molecule has 0 aliphatic rings. The highest BCUT2D eigenvalue weighted by Crippen LogP contribution is 2.20. The first-order valence-corrected chi connectivity index (χ1v) is 6.63. The number of hydrogen-bond donors (Lipinski definition) is 0. The Labute approximate surface area is 114 Å². The number of fused-ring (bicyclic) bond motifs is 1. The summed E-state index contributed by atoms with van der Waals surface area (Å²) in [5.74, 6) is 0. The van der Waals surface area contributed by atoms with Crippen LogP contribution < -0.4 is 0 Å². The van der Waals surface area contributed by atoms with E-state index in [0.717, 1.165) is 23.2 Å². The average molecular weight is 255 g/mol. The van der Waals surface area contributed by atoms with E-state index >= 15 is 0 Å². The molecule has 0 radical (unpaired) electrons. The minimum atomic E-state index is 1.04. The van der Waals surface area contributed by atoms with E-state index in [1.54, 1.807) is 0 Å². The van der Waals surface area contributed by atoms with Crippen LogP contribution in [0.15, 0.2) is 35.0 Å². The maximum absolute atomic E-state index is 4.48. The third-order valence-corrected chi connectivity index (χ3v) is 3.39. The second kappa shape index (κ2) is 5.39. The topological polar surface area (TPSA) is 30.2 Å². The van der Waals surface area contributed by atoms with E-state index in [9.17, 15) is 0 Å². The lowest BCUT2D eigenvalue weighted by Gasteiger charge is -2.05. The molecule has 0 aliphatic heterocycles. The fourth-order valence-corrected chi connectivity index (χ4v) is 2.19. The average Bonchev–Trinajstić information content (AvgIpc) is 2.76. The smallest absolute Gasteiger partial charge is 0.0952 e. The molecule has 0 aliphatic carbocycles. The van der Waals surface area contributed by atoms with E-state index < -0.39 is 0 Å². The number of aliphatic imine (C=N–C) groups is 1. The quantitative estimate of drug-likeness (QED) is 0.770. The highest BCUT2D eigenvalue weighted by atomic mass is 15.2. The van der Waals surface area contributed by atoms with Crippen molar-refractivity contribution in [3.63, 3.8) is 0 Å². The van der Waals surface area contributed by atoms with Crippen molar-refractivity contribution >= 4 is 16.6 Å². The summed E-state index contributed by atoms with van der Waals surface area (Å²) in [5, 5.41) is 5.65. The summed E-state index contributed by atoms with van der Waals surface area (Å²) >= 11 is 0. The molecule has 0 N–H and O–H groups in total. The van der Waals surface area contributed by atoms with Gasteiger partial charge in [0.05, 0.1) is 11.2 Å². The van der Waals surface area contributed by atoms with Crippen LogP contribution >= 0.6 is 0 Å². The zero-order valence-electron chi connectivity index (χ0n) is 12.4. The molecule has 1 aromatic carbocycles. The van der Waals surface area contributed by atoms with Crippen LogP contribution in [-0.2, 0) is 7.05 Å². The number of aromatic nitrogens is 2. The first kappa shape index (κ1) is 13.5. The fraction of sp³-hybridized carbons (Fsp3) is 0.375. The van der Waals surface area contributed by atoms with Gasteiger partial charge < -0.3 is 0 Å². The van der Waals surface area contributed by atoms with E-state index in [1.807, 2.05) is 18.8 Å². The van der Waals surface area contributed by atoms with Crippen molar-refractivity contribution in [2.45, 2.75) is 27.2 Å². The van der Waals surface area contributed by atoms with Crippen LogP contribution in [0.25, 0.3) is 10.9 Å². The van der Waals surface area contributed by atoms with Crippen molar-refractivity contribution in [3.05, 3.63) is 41.1 Å². The van der Waals surface area contributed by atoms with Gasteiger partial charge in [-0.2, -0.15) is 5.10 Å². The van der Waals surface area contributed by atoms with Gasteiger partial charge in [0.2, 0.25) is 0 Å². The third kappa shape index (κ3) is 2.75. The monoisotopic (exact) mass is 255 g/mol. The highest BCUT2D eigenvalue weighted by Gasteiger charge is 2.07. The minimum absolute atomic E-state index is 1.04. The van der Waals surface area contributed by atoms with Gasteiger partial charge in [-0.25, -0.2) is 0 Å². The SMILES string of the molecule is CC/C(C)=C\C(=NC)c1cc(C)c2nn(C)cc2c1. The molecule has 3 nitrogen and oxygen atoms in total. The van der Waals surface area contributed by atoms with Gasteiger partial charge in [-0.1, -0.05) is 12.5 Å². The predicted octanol–water partition coefficient (Wildman–Crippen LogP) is 3.66. The summed E-state index contributed by atoms with van der Waals surface area (Å²) in [6, 6.07) is 4.33. The first-order chi connectivity index (χ1) is 9.05. The maximum atomic E-state index is 4.48. The lowest BCUT2D eigenvalue weighted by molar-refractivity contribution is 0.779. The molecule has 2 aromatic rings. The molecule has 0 spiro atoms. The Kier molecular flexibility index (Phi) is 3.84. The van der Waals surface area contributed by atoms with E-state index in [1.165, 1.54) is 16.5 Å². The van der Waals surface area contributed by atoms with Crippen LogP contribution in [0.5, 0.6) is 0 Å². The Bertz CT molecular complexity index is 660.